The Morgan fingerprint density at radius 1 is 1.03 bits per heavy atom. The molecule has 2 aromatic carbocycles. The summed E-state index contributed by atoms with van der Waals surface area (Å²) in [6, 6.07) is 11.2. The minimum atomic E-state index is -0.785. The first-order chi connectivity index (χ1) is 15.6. The zero-order valence-electron chi connectivity index (χ0n) is 19.5. The lowest BCUT2D eigenvalue weighted by Gasteiger charge is -2.18. The molecule has 2 amide bonds. The third kappa shape index (κ3) is 7.96. The number of likely N-dealkylation sites (N-methyl/N-ethyl adjacent to an activating group) is 1. The van der Waals surface area contributed by atoms with Crippen molar-refractivity contribution in [3.05, 3.63) is 64.2 Å². The standard InChI is InChI=1S/C26H29ClN2O4/c1-16(2)23(30)12-10-18-6-8-19(9-7-18)14-22(26(32)28-5)29-25(31)20-11-13-24(21(27)15-20)33-17(3)4/h6-9,11,13,15-17,22H,14H2,1-5H3,(H,28,32)(H,29,31)/t22-/m0/s1. The van der Waals surface area contributed by atoms with E-state index in [1.165, 1.54) is 13.1 Å². The summed E-state index contributed by atoms with van der Waals surface area (Å²) in [7, 11) is 1.51. The fraction of sp³-hybridized carbons (Fsp3) is 0.346. The Bertz CT molecular complexity index is 1070. The van der Waals surface area contributed by atoms with Gasteiger partial charge in [0, 0.05) is 30.5 Å². The van der Waals surface area contributed by atoms with Crippen molar-refractivity contribution in [2.45, 2.75) is 46.3 Å². The molecule has 0 bridgehead atoms. The van der Waals surface area contributed by atoms with Gasteiger partial charge in [0.25, 0.3) is 5.91 Å². The van der Waals surface area contributed by atoms with Crippen LogP contribution in [0, 0.1) is 17.8 Å². The zero-order chi connectivity index (χ0) is 24.5. The normalized spacial score (nSPS) is 11.4. The van der Waals surface area contributed by atoms with Crippen molar-refractivity contribution < 1.29 is 19.1 Å². The fourth-order valence-electron chi connectivity index (χ4n) is 2.85. The molecule has 0 aliphatic carbocycles. The number of carbonyl (C=O) groups is 3. The lowest BCUT2D eigenvalue weighted by molar-refractivity contribution is -0.122. The highest BCUT2D eigenvalue weighted by atomic mass is 35.5. The van der Waals surface area contributed by atoms with E-state index in [0.29, 0.717) is 21.9 Å². The van der Waals surface area contributed by atoms with Crippen LogP contribution in [-0.4, -0.2) is 36.8 Å². The molecule has 0 heterocycles. The molecule has 0 aromatic heterocycles. The number of ether oxygens (including phenoxy) is 1. The molecular formula is C26H29ClN2O4. The van der Waals surface area contributed by atoms with Crippen LogP contribution >= 0.6 is 11.6 Å². The maximum absolute atomic E-state index is 12.8. The van der Waals surface area contributed by atoms with Gasteiger partial charge in [-0.25, -0.2) is 0 Å². The van der Waals surface area contributed by atoms with Gasteiger partial charge in [0.2, 0.25) is 11.7 Å². The molecule has 1 atom stereocenters. The first kappa shape index (κ1) is 26.0. The van der Waals surface area contributed by atoms with Gasteiger partial charge in [0.1, 0.15) is 11.8 Å². The van der Waals surface area contributed by atoms with Crippen LogP contribution in [0.15, 0.2) is 42.5 Å². The van der Waals surface area contributed by atoms with Crippen LogP contribution in [0.25, 0.3) is 0 Å². The van der Waals surface area contributed by atoms with Crippen LogP contribution < -0.4 is 15.4 Å². The second kappa shape index (κ2) is 12.1. The van der Waals surface area contributed by atoms with Crippen molar-refractivity contribution >= 4 is 29.2 Å². The lowest BCUT2D eigenvalue weighted by atomic mass is 10.0. The Morgan fingerprint density at radius 2 is 1.70 bits per heavy atom. The number of nitrogens with one attached hydrogen (secondary N) is 2. The molecule has 7 heteroatoms. The average Bonchev–Trinajstić information content (AvgIpc) is 2.78. The van der Waals surface area contributed by atoms with Crippen molar-refractivity contribution in [1.29, 1.82) is 0 Å². The van der Waals surface area contributed by atoms with Crippen molar-refractivity contribution in [2.75, 3.05) is 7.05 Å². The maximum atomic E-state index is 12.8. The Kier molecular flexibility index (Phi) is 9.50. The fourth-order valence-corrected chi connectivity index (χ4v) is 3.08. The molecular weight excluding hydrogens is 440 g/mol. The number of halogens is 1. The van der Waals surface area contributed by atoms with Gasteiger partial charge in [-0.3, -0.25) is 14.4 Å². The summed E-state index contributed by atoms with van der Waals surface area (Å²) >= 11 is 6.23. The number of benzene rings is 2. The van der Waals surface area contributed by atoms with Gasteiger partial charge in [0.05, 0.1) is 11.1 Å². The summed E-state index contributed by atoms with van der Waals surface area (Å²) in [6.07, 6.45) is 0.236. The number of ketones is 1. The number of carbonyl (C=O) groups excluding carboxylic acids is 3. The predicted molar refractivity (Wildman–Crippen MR) is 129 cm³/mol. The maximum Gasteiger partial charge on any atom is 0.251 e. The quantitative estimate of drug-likeness (QED) is 0.577. The van der Waals surface area contributed by atoms with E-state index in [9.17, 15) is 14.4 Å². The van der Waals surface area contributed by atoms with Gasteiger partial charge < -0.3 is 15.4 Å². The second-order valence-corrected chi connectivity index (χ2v) is 8.53. The molecule has 0 fully saturated rings. The largest absolute Gasteiger partial charge is 0.489 e. The van der Waals surface area contributed by atoms with E-state index >= 15 is 0 Å². The molecule has 33 heavy (non-hydrogen) atoms. The Labute approximate surface area is 200 Å². The highest BCUT2D eigenvalue weighted by Crippen LogP contribution is 2.26. The predicted octanol–water partition coefficient (Wildman–Crippen LogP) is 3.79. The minimum Gasteiger partial charge on any atom is -0.489 e. The van der Waals surface area contributed by atoms with Gasteiger partial charge in [-0.15, -0.1) is 0 Å². The van der Waals surface area contributed by atoms with Crippen molar-refractivity contribution in [1.82, 2.24) is 10.6 Å². The van der Waals surface area contributed by atoms with Crippen molar-refractivity contribution in [3.63, 3.8) is 0 Å². The number of rotatable bonds is 8. The molecule has 2 aromatic rings. The van der Waals surface area contributed by atoms with E-state index in [4.69, 9.17) is 16.3 Å². The topological polar surface area (TPSA) is 84.5 Å². The smallest absolute Gasteiger partial charge is 0.251 e. The van der Waals surface area contributed by atoms with Crippen LogP contribution in [0.5, 0.6) is 5.75 Å². The summed E-state index contributed by atoms with van der Waals surface area (Å²) in [4.78, 5) is 36.8. The zero-order valence-corrected chi connectivity index (χ0v) is 20.2. The molecule has 0 saturated heterocycles. The second-order valence-electron chi connectivity index (χ2n) is 8.12. The Balaban J connectivity index is 2.12. The molecule has 2 N–H and O–H groups in total. The summed E-state index contributed by atoms with van der Waals surface area (Å²) in [5, 5.41) is 5.66. The lowest BCUT2D eigenvalue weighted by Crippen LogP contribution is -2.47. The molecule has 6 nitrogen and oxygen atoms in total. The molecule has 0 saturated carbocycles. The molecule has 174 valence electrons. The number of hydrogen-bond acceptors (Lipinski definition) is 4. The van der Waals surface area contributed by atoms with E-state index < -0.39 is 11.9 Å². The Morgan fingerprint density at radius 3 is 2.24 bits per heavy atom. The van der Waals surface area contributed by atoms with Crippen LogP contribution in [0.3, 0.4) is 0 Å². The van der Waals surface area contributed by atoms with Gasteiger partial charge >= 0.3 is 0 Å². The first-order valence-electron chi connectivity index (χ1n) is 10.7. The third-order valence-corrected chi connectivity index (χ3v) is 4.97. The summed E-state index contributed by atoms with van der Waals surface area (Å²) in [5.74, 6) is 4.96. The van der Waals surface area contributed by atoms with Crippen molar-refractivity contribution in [3.8, 4) is 17.6 Å². The van der Waals surface area contributed by atoms with Gasteiger partial charge in [-0.2, -0.15) is 0 Å². The van der Waals surface area contributed by atoms with Gasteiger partial charge in [-0.05, 0) is 55.7 Å². The minimum absolute atomic E-state index is 0.0483. The first-order valence-corrected chi connectivity index (χ1v) is 11.1. The molecule has 0 spiro atoms. The van der Waals surface area contributed by atoms with Crippen LogP contribution in [0.4, 0.5) is 0 Å². The van der Waals surface area contributed by atoms with Gasteiger partial charge in [0.15, 0.2) is 0 Å². The van der Waals surface area contributed by atoms with E-state index in [1.807, 2.05) is 26.0 Å². The van der Waals surface area contributed by atoms with Crippen LogP contribution in [-0.2, 0) is 16.0 Å². The SMILES string of the molecule is CNC(=O)[C@H](Cc1ccc(C#CC(=O)C(C)C)cc1)NC(=O)c1ccc(OC(C)C)c(Cl)c1. The van der Waals surface area contributed by atoms with Crippen LogP contribution in [0.1, 0.15) is 49.2 Å². The molecule has 0 aliphatic rings. The summed E-state index contributed by atoms with van der Waals surface area (Å²) < 4.78 is 5.59. The van der Waals surface area contributed by atoms with E-state index in [2.05, 4.69) is 22.5 Å². The highest BCUT2D eigenvalue weighted by Gasteiger charge is 2.21. The summed E-state index contributed by atoms with van der Waals surface area (Å²) in [5.41, 5.74) is 1.86. The molecule has 0 radical (unpaired) electrons. The molecule has 2 rings (SSSR count). The van der Waals surface area contributed by atoms with E-state index in [0.717, 1.165) is 5.56 Å². The number of Topliss-reactive ketones (excluding diaryl/α,β-unsaturated/α-hetero) is 1. The summed E-state index contributed by atoms with van der Waals surface area (Å²) in [6.45, 7) is 7.37. The number of hydrogen-bond donors (Lipinski definition) is 2. The average molecular weight is 469 g/mol. The number of amides is 2. The van der Waals surface area contributed by atoms with Crippen LogP contribution in [0.2, 0.25) is 5.02 Å². The monoisotopic (exact) mass is 468 g/mol. The van der Waals surface area contributed by atoms with Gasteiger partial charge in [-0.1, -0.05) is 43.5 Å². The molecule has 0 aliphatic heterocycles. The van der Waals surface area contributed by atoms with E-state index in [1.54, 1.807) is 38.1 Å². The van der Waals surface area contributed by atoms with E-state index in [-0.39, 0.29) is 30.1 Å². The Hall–Kier alpha value is -3.30. The molecule has 0 unspecified atom stereocenters. The highest BCUT2D eigenvalue weighted by molar-refractivity contribution is 6.32. The van der Waals surface area contributed by atoms with Crippen molar-refractivity contribution in [2.24, 2.45) is 5.92 Å². The third-order valence-electron chi connectivity index (χ3n) is 4.67.